The molecule has 1 aliphatic rings. The average Bonchev–Trinajstić information content (AvgIpc) is 2.95. The molecule has 1 heterocycles. The van der Waals surface area contributed by atoms with Gasteiger partial charge < -0.3 is 14.2 Å². The minimum Gasteiger partial charge on any atom is -0.496 e. The van der Waals surface area contributed by atoms with Crippen LogP contribution in [0.5, 0.6) is 17.2 Å². The highest BCUT2D eigenvalue weighted by Gasteiger charge is 2.42. The largest absolute Gasteiger partial charge is 0.496 e. The zero-order valence-corrected chi connectivity index (χ0v) is 17.4. The van der Waals surface area contributed by atoms with Crippen LogP contribution in [0.2, 0.25) is 0 Å². The highest BCUT2D eigenvalue weighted by Crippen LogP contribution is 2.40. The Labute approximate surface area is 169 Å². The van der Waals surface area contributed by atoms with Crippen molar-refractivity contribution in [2.75, 3.05) is 26.2 Å². The second kappa shape index (κ2) is 8.22. The zero-order chi connectivity index (χ0) is 19.6. The van der Waals surface area contributed by atoms with Crippen LogP contribution in [0.4, 0.5) is 10.5 Å². The van der Waals surface area contributed by atoms with E-state index in [-0.39, 0.29) is 11.1 Å². The second-order valence-corrected chi connectivity index (χ2v) is 7.73. The van der Waals surface area contributed by atoms with Crippen molar-refractivity contribution in [2.45, 2.75) is 11.7 Å². The van der Waals surface area contributed by atoms with E-state index in [1.165, 1.54) is 12.0 Å². The maximum absolute atomic E-state index is 12.9. The molecule has 8 heteroatoms. The first-order valence-corrected chi connectivity index (χ1v) is 9.75. The van der Waals surface area contributed by atoms with E-state index in [1.807, 2.05) is 6.07 Å². The predicted octanol–water partition coefficient (Wildman–Crippen LogP) is 4.29. The van der Waals surface area contributed by atoms with Gasteiger partial charge in [-0.05, 0) is 46.1 Å². The first-order valence-electron chi connectivity index (χ1n) is 8.08. The highest BCUT2D eigenvalue weighted by atomic mass is 79.9. The number of imide groups is 1. The van der Waals surface area contributed by atoms with Crippen LogP contribution in [0.3, 0.4) is 0 Å². The molecule has 0 unspecified atom stereocenters. The molecule has 0 spiro atoms. The number of carbonyl (C=O) groups excluding carboxylic acids is 2. The van der Waals surface area contributed by atoms with Gasteiger partial charge in [0.05, 0.1) is 36.7 Å². The minimum atomic E-state index is -0.545. The maximum atomic E-state index is 12.9. The number of ether oxygens (including phenoxy) is 3. The number of hydrogen-bond acceptors (Lipinski definition) is 6. The molecule has 2 amide bonds. The molecule has 6 nitrogen and oxygen atoms in total. The lowest BCUT2D eigenvalue weighted by atomic mass is 10.1. The first-order chi connectivity index (χ1) is 13.0. The first kappa shape index (κ1) is 19.6. The number of methoxy groups -OCH3 is 3. The number of halogens is 1. The Balaban J connectivity index is 1.89. The molecule has 27 heavy (non-hydrogen) atoms. The number of rotatable bonds is 6. The van der Waals surface area contributed by atoms with Crippen molar-refractivity contribution in [3.05, 3.63) is 46.4 Å². The van der Waals surface area contributed by atoms with Crippen molar-refractivity contribution in [2.24, 2.45) is 0 Å². The van der Waals surface area contributed by atoms with Gasteiger partial charge in [-0.15, -0.1) is 0 Å². The van der Waals surface area contributed by atoms with E-state index in [1.54, 1.807) is 44.6 Å². The van der Waals surface area contributed by atoms with Gasteiger partial charge >= 0.3 is 0 Å². The number of amides is 2. The fraction of sp³-hybridized carbons (Fsp3) is 0.263. The van der Waals surface area contributed by atoms with Crippen LogP contribution in [-0.4, -0.2) is 37.7 Å². The van der Waals surface area contributed by atoms with Crippen LogP contribution in [0, 0.1) is 0 Å². The van der Waals surface area contributed by atoms with Crippen LogP contribution < -0.4 is 19.1 Å². The van der Waals surface area contributed by atoms with Gasteiger partial charge in [-0.2, -0.15) is 0 Å². The molecule has 3 rings (SSSR count). The molecule has 2 aromatic carbocycles. The Morgan fingerprint density at radius 1 is 1.00 bits per heavy atom. The molecule has 1 fully saturated rings. The summed E-state index contributed by atoms with van der Waals surface area (Å²) in [6.45, 7) is 0. The quantitative estimate of drug-likeness (QED) is 0.652. The summed E-state index contributed by atoms with van der Waals surface area (Å²) in [6, 6.07) is 10.6. The van der Waals surface area contributed by atoms with Gasteiger partial charge in [0.25, 0.3) is 5.24 Å². The summed E-state index contributed by atoms with van der Waals surface area (Å²) in [7, 11) is 4.63. The van der Waals surface area contributed by atoms with E-state index in [0.717, 1.165) is 21.8 Å². The summed E-state index contributed by atoms with van der Waals surface area (Å²) in [4.78, 5) is 26.7. The van der Waals surface area contributed by atoms with Crippen LogP contribution >= 0.6 is 27.7 Å². The summed E-state index contributed by atoms with van der Waals surface area (Å²) in [5.74, 6) is 1.44. The Kier molecular flexibility index (Phi) is 5.96. The van der Waals surface area contributed by atoms with E-state index < -0.39 is 5.25 Å². The third kappa shape index (κ3) is 3.77. The zero-order valence-electron chi connectivity index (χ0n) is 15.0. The number of hydrogen-bond donors (Lipinski definition) is 0. The Hall–Kier alpha value is -2.19. The lowest BCUT2D eigenvalue weighted by molar-refractivity contribution is -0.117. The van der Waals surface area contributed by atoms with Crippen LogP contribution in [-0.2, 0) is 11.2 Å². The summed E-state index contributed by atoms with van der Waals surface area (Å²) < 4.78 is 16.7. The Morgan fingerprint density at radius 2 is 1.67 bits per heavy atom. The average molecular weight is 452 g/mol. The van der Waals surface area contributed by atoms with Crippen LogP contribution in [0.25, 0.3) is 0 Å². The molecular weight excluding hydrogens is 434 g/mol. The maximum Gasteiger partial charge on any atom is 0.293 e. The standard InChI is InChI=1S/C19H18BrNO5S/c1-24-14-7-5-4-6-13(14)21-18(22)17(27-19(21)23)9-11-8-12(20)16(26-3)10-15(11)25-2/h4-8,10,17H,9H2,1-3H3/t17-/m0/s1. The second-order valence-electron chi connectivity index (χ2n) is 5.72. The van der Waals surface area contributed by atoms with E-state index in [4.69, 9.17) is 14.2 Å². The summed E-state index contributed by atoms with van der Waals surface area (Å²) in [6.07, 6.45) is 0.354. The molecule has 142 valence electrons. The van der Waals surface area contributed by atoms with Gasteiger partial charge in [-0.1, -0.05) is 23.9 Å². The van der Waals surface area contributed by atoms with Crippen molar-refractivity contribution in [3.8, 4) is 17.2 Å². The molecule has 0 saturated carbocycles. The topological polar surface area (TPSA) is 65.1 Å². The number of thioether (sulfide) groups is 1. The summed E-state index contributed by atoms with van der Waals surface area (Å²) in [5.41, 5.74) is 1.26. The Bertz CT molecular complexity index is 888. The number of nitrogens with zero attached hydrogens (tertiary/aromatic N) is 1. The monoisotopic (exact) mass is 451 g/mol. The number of carbonyl (C=O) groups is 2. The molecule has 0 aliphatic carbocycles. The molecule has 1 aliphatic heterocycles. The van der Waals surface area contributed by atoms with Crippen LogP contribution in [0.15, 0.2) is 40.9 Å². The van der Waals surface area contributed by atoms with E-state index >= 15 is 0 Å². The molecule has 0 aromatic heterocycles. The molecule has 0 radical (unpaired) electrons. The highest BCUT2D eigenvalue weighted by molar-refractivity contribution is 9.10. The summed E-state index contributed by atoms with van der Waals surface area (Å²) in [5, 5.41) is -0.863. The number of anilines is 1. The number of benzene rings is 2. The van der Waals surface area contributed by atoms with Crippen LogP contribution in [0.1, 0.15) is 5.56 Å². The van der Waals surface area contributed by atoms with Crippen molar-refractivity contribution in [1.29, 1.82) is 0 Å². The SMILES string of the molecule is COc1cc(OC)c(C[C@@H]2SC(=O)N(c3ccccc3OC)C2=O)cc1Br. The van der Waals surface area contributed by atoms with Gasteiger partial charge in [-0.3, -0.25) is 9.59 Å². The van der Waals surface area contributed by atoms with E-state index in [9.17, 15) is 9.59 Å². The lowest BCUT2D eigenvalue weighted by Crippen LogP contribution is -2.32. The lowest BCUT2D eigenvalue weighted by Gasteiger charge is -2.17. The fourth-order valence-corrected chi connectivity index (χ4v) is 4.46. The molecule has 1 atom stereocenters. The fourth-order valence-electron chi connectivity index (χ4n) is 2.90. The van der Waals surface area contributed by atoms with Crippen molar-refractivity contribution in [1.82, 2.24) is 0 Å². The van der Waals surface area contributed by atoms with E-state index in [2.05, 4.69) is 15.9 Å². The Morgan fingerprint density at radius 3 is 2.33 bits per heavy atom. The molecule has 0 N–H and O–H groups in total. The van der Waals surface area contributed by atoms with Gasteiger partial charge in [0.15, 0.2) is 0 Å². The van der Waals surface area contributed by atoms with Gasteiger partial charge in [0.1, 0.15) is 17.2 Å². The van der Waals surface area contributed by atoms with Gasteiger partial charge in [0, 0.05) is 6.07 Å². The third-order valence-electron chi connectivity index (χ3n) is 4.21. The number of para-hydroxylation sites is 2. The molecule has 0 bridgehead atoms. The van der Waals surface area contributed by atoms with Gasteiger partial charge in [-0.25, -0.2) is 4.90 Å². The molecule has 2 aromatic rings. The molecular formula is C19H18BrNO5S. The van der Waals surface area contributed by atoms with Crippen molar-refractivity contribution < 1.29 is 23.8 Å². The summed E-state index contributed by atoms with van der Waals surface area (Å²) >= 11 is 4.45. The van der Waals surface area contributed by atoms with Gasteiger partial charge in [0.2, 0.25) is 5.91 Å². The predicted molar refractivity (Wildman–Crippen MR) is 108 cm³/mol. The molecule has 1 saturated heterocycles. The van der Waals surface area contributed by atoms with E-state index in [0.29, 0.717) is 29.4 Å². The minimum absolute atomic E-state index is 0.275. The normalized spacial score (nSPS) is 16.6. The smallest absolute Gasteiger partial charge is 0.293 e. The van der Waals surface area contributed by atoms with Crippen molar-refractivity contribution in [3.63, 3.8) is 0 Å². The van der Waals surface area contributed by atoms with Crippen molar-refractivity contribution >= 4 is 44.5 Å². The third-order valence-corrected chi connectivity index (χ3v) is 5.86.